The summed E-state index contributed by atoms with van der Waals surface area (Å²) in [6.45, 7) is 0. The van der Waals surface area contributed by atoms with E-state index < -0.39 is 0 Å². The lowest BCUT2D eigenvalue weighted by molar-refractivity contribution is 1.11. The SMILES string of the molecule is CSc1ccc(-c2c(-c3ccc(Cl)cc3)nc3ncccn23)cc1Cl. The van der Waals surface area contributed by atoms with E-state index >= 15 is 0 Å². The summed E-state index contributed by atoms with van der Waals surface area (Å²) in [5, 5.41) is 1.42. The lowest BCUT2D eigenvalue weighted by atomic mass is 10.0. The lowest BCUT2D eigenvalue weighted by Crippen LogP contribution is -1.91. The molecule has 0 atom stereocenters. The highest BCUT2D eigenvalue weighted by Gasteiger charge is 2.17. The summed E-state index contributed by atoms with van der Waals surface area (Å²) in [4.78, 5) is 10.1. The monoisotopic (exact) mass is 385 g/mol. The molecule has 0 unspecified atom stereocenters. The summed E-state index contributed by atoms with van der Waals surface area (Å²) in [6, 6.07) is 15.6. The van der Waals surface area contributed by atoms with Crippen LogP contribution in [0.15, 0.2) is 65.8 Å². The molecule has 0 N–H and O–H groups in total. The van der Waals surface area contributed by atoms with Gasteiger partial charge in [0.1, 0.15) is 0 Å². The van der Waals surface area contributed by atoms with Gasteiger partial charge in [-0.3, -0.25) is 4.40 Å². The highest BCUT2D eigenvalue weighted by Crippen LogP contribution is 2.36. The summed E-state index contributed by atoms with van der Waals surface area (Å²) in [6.07, 6.45) is 5.71. The van der Waals surface area contributed by atoms with Gasteiger partial charge in [-0.15, -0.1) is 11.8 Å². The molecule has 0 spiro atoms. The third kappa shape index (κ3) is 3.01. The van der Waals surface area contributed by atoms with Crippen LogP contribution in [0.2, 0.25) is 10.0 Å². The molecule has 3 nitrogen and oxygen atoms in total. The van der Waals surface area contributed by atoms with Gasteiger partial charge in [-0.2, -0.15) is 0 Å². The first-order valence-electron chi connectivity index (χ1n) is 7.60. The zero-order chi connectivity index (χ0) is 17.4. The van der Waals surface area contributed by atoms with Crippen molar-refractivity contribution >= 4 is 40.7 Å². The Balaban J connectivity index is 1.99. The molecule has 0 saturated carbocycles. The maximum Gasteiger partial charge on any atom is 0.234 e. The van der Waals surface area contributed by atoms with Gasteiger partial charge in [0, 0.05) is 33.4 Å². The quantitative estimate of drug-likeness (QED) is 0.399. The minimum absolute atomic E-state index is 0.646. The smallest absolute Gasteiger partial charge is 0.234 e. The van der Waals surface area contributed by atoms with Crippen molar-refractivity contribution in [1.29, 1.82) is 0 Å². The number of nitrogens with zero attached hydrogens (tertiary/aromatic N) is 3. The molecule has 25 heavy (non-hydrogen) atoms. The maximum atomic E-state index is 6.43. The zero-order valence-electron chi connectivity index (χ0n) is 13.3. The molecule has 2 aromatic heterocycles. The Hall–Kier alpha value is -2.01. The van der Waals surface area contributed by atoms with Crippen molar-refractivity contribution < 1.29 is 0 Å². The van der Waals surface area contributed by atoms with E-state index in [1.165, 1.54) is 0 Å². The van der Waals surface area contributed by atoms with Gasteiger partial charge in [-0.1, -0.05) is 41.4 Å². The molecule has 2 heterocycles. The van der Waals surface area contributed by atoms with Crippen LogP contribution >= 0.6 is 35.0 Å². The van der Waals surface area contributed by atoms with Crippen molar-refractivity contribution in [2.45, 2.75) is 4.90 Å². The predicted molar refractivity (Wildman–Crippen MR) is 106 cm³/mol. The molecule has 2 aromatic carbocycles. The standard InChI is InChI=1S/C19H13Cl2N3S/c1-25-16-8-5-13(11-15(16)21)18-17(12-3-6-14(20)7-4-12)23-19-22-9-2-10-24(18)19/h2-11H,1H3. The molecular weight excluding hydrogens is 373 g/mol. The maximum absolute atomic E-state index is 6.43. The van der Waals surface area contributed by atoms with Crippen molar-refractivity contribution in [2.75, 3.05) is 6.26 Å². The van der Waals surface area contributed by atoms with Crippen molar-refractivity contribution in [3.8, 4) is 22.5 Å². The van der Waals surface area contributed by atoms with Crippen LogP contribution in [-0.4, -0.2) is 20.6 Å². The Morgan fingerprint density at radius 3 is 2.48 bits per heavy atom. The average molecular weight is 386 g/mol. The van der Waals surface area contributed by atoms with Crippen LogP contribution in [0.3, 0.4) is 0 Å². The normalized spacial score (nSPS) is 11.2. The Kier molecular flexibility index (Phi) is 4.42. The van der Waals surface area contributed by atoms with E-state index in [-0.39, 0.29) is 0 Å². The molecule has 0 fully saturated rings. The molecule has 6 heteroatoms. The topological polar surface area (TPSA) is 30.2 Å². The molecular formula is C19H13Cl2N3S. The molecule has 4 aromatic rings. The van der Waals surface area contributed by atoms with E-state index in [1.54, 1.807) is 18.0 Å². The fourth-order valence-corrected chi connectivity index (χ4v) is 3.78. The molecule has 0 aliphatic heterocycles. The summed E-state index contributed by atoms with van der Waals surface area (Å²) >= 11 is 14.1. The number of thioether (sulfide) groups is 1. The largest absolute Gasteiger partial charge is 0.283 e. The molecule has 0 radical (unpaired) electrons. The summed E-state index contributed by atoms with van der Waals surface area (Å²) in [5.41, 5.74) is 3.78. The van der Waals surface area contributed by atoms with Crippen LogP contribution in [0.1, 0.15) is 0 Å². The lowest BCUT2D eigenvalue weighted by Gasteiger charge is -2.08. The minimum Gasteiger partial charge on any atom is -0.283 e. The minimum atomic E-state index is 0.646. The molecule has 0 aliphatic rings. The summed E-state index contributed by atoms with van der Waals surface area (Å²) in [7, 11) is 0. The Labute approximate surface area is 159 Å². The predicted octanol–water partition coefficient (Wildman–Crippen LogP) is 6.09. The van der Waals surface area contributed by atoms with Gasteiger partial charge in [-0.25, -0.2) is 9.97 Å². The molecule has 0 amide bonds. The number of aromatic nitrogens is 3. The molecule has 4 rings (SSSR count). The van der Waals surface area contributed by atoms with Gasteiger partial charge in [0.25, 0.3) is 0 Å². The third-order valence-electron chi connectivity index (χ3n) is 3.95. The average Bonchev–Trinajstić information content (AvgIpc) is 3.01. The number of halogens is 2. The third-order valence-corrected chi connectivity index (χ3v) is 5.42. The van der Waals surface area contributed by atoms with Crippen molar-refractivity contribution in [2.24, 2.45) is 0 Å². The molecule has 124 valence electrons. The number of hydrogen-bond acceptors (Lipinski definition) is 3. The van der Waals surface area contributed by atoms with E-state index in [4.69, 9.17) is 28.2 Å². The van der Waals surface area contributed by atoms with Crippen LogP contribution in [-0.2, 0) is 0 Å². The fraction of sp³-hybridized carbons (Fsp3) is 0.0526. The van der Waals surface area contributed by atoms with Crippen molar-refractivity contribution in [3.63, 3.8) is 0 Å². The number of hydrogen-bond donors (Lipinski definition) is 0. The van der Waals surface area contributed by atoms with Gasteiger partial charge >= 0.3 is 0 Å². The fourth-order valence-electron chi connectivity index (χ4n) is 2.79. The van der Waals surface area contributed by atoms with Crippen molar-refractivity contribution in [3.05, 3.63) is 71.0 Å². The second kappa shape index (κ2) is 6.71. The first-order valence-corrected chi connectivity index (χ1v) is 9.58. The number of rotatable bonds is 3. The van der Waals surface area contributed by atoms with E-state index in [2.05, 4.69) is 11.1 Å². The van der Waals surface area contributed by atoms with E-state index in [0.717, 1.165) is 32.4 Å². The van der Waals surface area contributed by atoms with E-state index in [0.29, 0.717) is 10.8 Å². The Bertz CT molecular complexity index is 1060. The number of fused-ring (bicyclic) bond motifs is 1. The van der Waals surface area contributed by atoms with Crippen LogP contribution in [0.4, 0.5) is 0 Å². The van der Waals surface area contributed by atoms with E-state index in [1.807, 2.05) is 59.3 Å². The van der Waals surface area contributed by atoms with Crippen LogP contribution in [0.5, 0.6) is 0 Å². The van der Waals surface area contributed by atoms with Gasteiger partial charge in [0.2, 0.25) is 5.78 Å². The second-order valence-corrected chi connectivity index (χ2v) is 7.15. The van der Waals surface area contributed by atoms with Crippen LogP contribution in [0, 0.1) is 0 Å². The molecule has 0 bridgehead atoms. The van der Waals surface area contributed by atoms with Gasteiger partial charge in [0.15, 0.2) is 0 Å². The van der Waals surface area contributed by atoms with Gasteiger partial charge < -0.3 is 0 Å². The van der Waals surface area contributed by atoms with Crippen LogP contribution < -0.4 is 0 Å². The highest BCUT2D eigenvalue weighted by molar-refractivity contribution is 7.98. The van der Waals surface area contributed by atoms with E-state index in [9.17, 15) is 0 Å². The number of benzene rings is 2. The Morgan fingerprint density at radius 1 is 1.00 bits per heavy atom. The Morgan fingerprint density at radius 2 is 1.76 bits per heavy atom. The van der Waals surface area contributed by atoms with Gasteiger partial charge in [0.05, 0.1) is 16.4 Å². The molecule has 0 aliphatic carbocycles. The van der Waals surface area contributed by atoms with Crippen molar-refractivity contribution in [1.82, 2.24) is 14.4 Å². The zero-order valence-corrected chi connectivity index (χ0v) is 15.6. The van der Waals surface area contributed by atoms with Crippen LogP contribution in [0.25, 0.3) is 28.3 Å². The molecule has 0 saturated heterocycles. The number of imidazole rings is 1. The summed E-state index contributed by atoms with van der Waals surface area (Å²) in [5.74, 6) is 0.646. The first kappa shape index (κ1) is 16.5. The highest BCUT2D eigenvalue weighted by atomic mass is 35.5. The summed E-state index contributed by atoms with van der Waals surface area (Å²) < 4.78 is 1.98. The van der Waals surface area contributed by atoms with Gasteiger partial charge in [-0.05, 0) is 36.6 Å². The second-order valence-electron chi connectivity index (χ2n) is 5.45. The first-order chi connectivity index (χ1) is 12.2.